The van der Waals surface area contributed by atoms with Crippen molar-refractivity contribution in [2.45, 2.75) is 27.3 Å². The summed E-state index contributed by atoms with van der Waals surface area (Å²) in [5.74, 6) is 0.592. The second-order valence-electron chi connectivity index (χ2n) is 7.11. The fourth-order valence-electron chi connectivity index (χ4n) is 3.73. The molecule has 0 aliphatic heterocycles. The maximum Gasteiger partial charge on any atom is 0.294 e. The lowest BCUT2D eigenvalue weighted by molar-refractivity contribution is 0.0996. The normalized spacial score (nSPS) is 11.6. The molecule has 4 aromatic rings. The van der Waals surface area contributed by atoms with Gasteiger partial charge in [-0.25, -0.2) is 4.98 Å². The summed E-state index contributed by atoms with van der Waals surface area (Å²) in [7, 11) is 0. The highest BCUT2D eigenvalue weighted by Gasteiger charge is 2.20. The third-order valence-corrected chi connectivity index (χ3v) is 5.46. The highest BCUT2D eigenvalue weighted by atomic mass is 16.3. The minimum atomic E-state index is -0.280. The molecule has 1 amide bonds. The van der Waals surface area contributed by atoms with E-state index in [1.807, 2.05) is 55.5 Å². The van der Waals surface area contributed by atoms with Crippen molar-refractivity contribution in [3.8, 4) is 0 Å². The predicted octanol–water partition coefficient (Wildman–Crippen LogP) is 4.69. The summed E-state index contributed by atoms with van der Waals surface area (Å²) < 4.78 is 7.90. The van der Waals surface area contributed by atoms with Crippen molar-refractivity contribution in [1.29, 1.82) is 0 Å². The van der Waals surface area contributed by atoms with Crippen LogP contribution in [0.4, 0.5) is 5.95 Å². The van der Waals surface area contributed by atoms with E-state index in [0.717, 1.165) is 48.2 Å². The molecule has 0 saturated heterocycles. The smallest absolute Gasteiger partial charge is 0.294 e. The van der Waals surface area contributed by atoms with Gasteiger partial charge < -0.3 is 13.9 Å². The zero-order valence-electron chi connectivity index (χ0n) is 17.1. The van der Waals surface area contributed by atoms with Crippen LogP contribution < -0.4 is 5.32 Å². The van der Waals surface area contributed by atoms with Crippen molar-refractivity contribution in [2.75, 3.05) is 25.0 Å². The van der Waals surface area contributed by atoms with E-state index in [0.29, 0.717) is 17.3 Å². The molecular formula is C23H26N4O2. The Labute approximate surface area is 170 Å². The predicted molar refractivity (Wildman–Crippen MR) is 116 cm³/mol. The first-order chi connectivity index (χ1) is 14.1. The lowest BCUT2D eigenvalue weighted by Crippen LogP contribution is -2.27. The van der Waals surface area contributed by atoms with Crippen LogP contribution in [0.2, 0.25) is 0 Å². The van der Waals surface area contributed by atoms with Gasteiger partial charge in [-0.3, -0.25) is 10.1 Å². The number of aryl methyl sites for hydroxylation is 1. The molecule has 6 heteroatoms. The number of imidazole rings is 1. The van der Waals surface area contributed by atoms with Crippen LogP contribution >= 0.6 is 0 Å². The van der Waals surface area contributed by atoms with Gasteiger partial charge in [-0.1, -0.05) is 44.2 Å². The molecule has 0 atom stereocenters. The van der Waals surface area contributed by atoms with E-state index in [9.17, 15) is 4.79 Å². The molecule has 0 saturated carbocycles. The maximum absolute atomic E-state index is 13.0. The highest BCUT2D eigenvalue weighted by Crippen LogP contribution is 2.26. The van der Waals surface area contributed by atoms with Crippen molar-refractivity contribution in [3.63, 3.8) is 0 Å². The fourth-order valence-corrected chi connectivity index (χ4v) is 3.73. The van der Waals surface area contributed by atoms with Gasteiger partial charge in [-0.15, -0.1) is 0 Å². The Hall–Kier alpha value is -3.12. The van der Waals surface area contributed by atoms with Gasteiger partial charge in [0.15, 0.2) is 5.76 Å². The Morgan fingerprint density at radius 1 is 1.10 bits per heavy atom. The molecule has 6 nitrogen and oxygen atoms in total. The largest absolute Gasteiger partial charge is 0.451 e. The van der Waals surface area contributed by atoms with Gasteiger partial charge >= 0.3 is 0 Å². The number of aromatic nitrogens is 2. The van der Waals surface area contributed by atoms with Crippen molar-refractivity contribution in [2.24, 2.45) is 0 Å². The average molecular weight is 390 g/mol. The van der Waals surface area contributed by atoms with Gasteiger partial charge in [0, 0.05) is 24.0 Å². The highest BCUT2D eigenvalue weighted by molar-refractivity contribution is 6.06. The monoisotopic (exact) mass is 390 g/mol. The maximum atomic E-state index is 13.0. The quantitative estimate of drug-likeness (QED) is 0.497. The van der Waals surface area contributed by atoms with Gasteiger partial charge in [0.1, 0.15) is 5.58 Å². The lowest BCUT2D eigenvalue weighted by Gasteiger charge is -2.19. The van der Waals surface area contributed by atoms with Crippen LogP contribution in [-0.4, -0.2) is 40.0 Å². The number of fused-ring (bicyclic) bond motifs is 2. The summed E-state index contributed by atoms with van der Waals surface area (Å²) in [6, 6.07) is 15.6. The molecule has 2 aromatic carbocycles. The van der Waals surface area contributed by atoms with Crippen LogP contribution in [0.5, 0.6) is 0 Å². The molecule has 4 rings (SSSR count). The Morgan fingerprint density at radius 2 is 1.83 bits per heavy atom. The Bertz CT molecular complexity index is 1150. The number of hydrogen-bond donors (Lipinski definition) is 1. The molecule has 0 bridgehead atoms. The van der Waals surface area contributed by atoms with Crippen molar-refractivity contribution < 1.29 is 9.21 Å². The molecule has 0 fully saturated rings. The number of nitrogens with zero attached hydrogens (tertiary/aromatic N) is 3. The summed E-state index contributed by atoms with van der Waals surface area (Å²) in [6.07, 6.45) is 0. The third kappa shape index (κ3) is 3.63. The Morgan fingerprint density at radius 3 is 2.59 bits per heavy atom. The molecule has 1 N–H and O–H groups in total. The average Bonchev–Trinajstić information content (AvgIpc) is 3.26. The molecule has 2 aromatic heterocycles. The first-order valence-corrected chi connectivity index (χ1v) is 10.1. The van der Waals surface area contributed by atoms with E-state index in [2.05, 4.69) is 33.6 Å². The topological polar surface area (TPSA) is 63.3 Å². The van der Waals surface area contributed by atoms with E-state index in [4.69, 9.17) is 4.42 Å². The molecule has 0 aliphatic carbocycles. The molecule has 29 heavy (non-hydrogen) atoms. The van der Waals surface area contributed by atoms with Gasteiger partial charge in [-0.2, -0.15) is 0 Å². The fraction of sp³-hybridized carbons (Fsp3) is 0.304. The second kappa shape index (κ2) is 8.09. The van der Waals surface area contributed by atoms with Crippen LogP contribution in [-0.2, 0) is 6.54 Å². The minimum absolute atomic E-state index is 0.280. The number of benzene rings is 2. The van der Waals surface area contributed by atoms with Crippen molar-refractivity contribution in [1.82, 2.24) is 14.5 Å². The van der Waals surface area contributed by atoms with E-state index < -0.39 is 0 Å². The third-order valence-electron chi connectivity index (χ3n) is 5.46. The molecule has 150 valence electrons. The molecule has 0 unspecified atom stereocenters. The van der Waals surface area contributed by atoms with Gasteiger partial charge in [0.25, 0.3) is 5.91 Å². The number of anilines is 1. The number of carbonyl (C=O) groups excluding carboxylic acids is 1. The SMILES string of the molecule is CCN(CC)CCn1c(NC(=O)c2oc3ccccc3c2C)nc2ccccc21. The van der Waals surface area contributed by atoms with E-state index in [1.165, 1.54) is 0 Å². The number of para-hydroxylation sites is 3. The number of carbonyl (C=O) groups is 1. The summed E-state index contributed by atoms with van der Waals surface area (Å²) in [6.45, 7) is 9.83. The van der Waals surface area contributed by atoms with E-state index in [-0.39, 0.29) is 5.91 Å². The number of amides is 1. The van der Waals surface area contributed by atoms with Crippen molar-refractivity contribution >= 4 is 33.9 Å². The Kier molecular flexibility index (Phi) is 5.36. The molecular weight excluding hydrogens is 364 g/mol. The zero-order chi connectivity index (χ0) is 20.4. The standard InChI is InChI=1S/C23H26N4O2/c1-4-26(5-2)14-15-27-19-12-8-7-11-18(19)24-23(27)25-22(28)21-16(3)17-10-6-9-13-20(17)29-21/h6-13H,4-5,14-15H2,1-3H3,(H,24,25,28). The minimum Gasteiger partial charge on any atom is -0.451 e. The number of rotatable bonds is 7. The molecule has 0 radical (unpaired) electrons. The van der Waals surface area contributed by atoms with Crippen LogP contribution in [0.1, 0.15) is 30.0 Å². The molecule has 0 aliphatic rings. The van der Waals surface area contributed by atoms with Gasteiger partial charge in [0.05, 0.1) is 11.0 Å². The second-order valence-corrected chi connectivity index (χ2v) is 7.11. The summed E-state index contributed by atoms with van der Waals surface area (Å²) in [5.41, 5.74) is 3.43. The van der Waals surface area contributed by atoms with Gasteiger partial charge in [-0.05, 0) is 38.2 Å². The number of hydrogen-bond acceptors (Lipinski definition) is 4. The zero-order valence-corrected chi connectivity index (χ0v) is 17.1. The van der Waals surface area contributed by atoms with E-state index in [1.54, 1.807) is 0 Å². The van der Waals surface area contributed by atoms with Crippen LogP contribution in [0.3, 0.4) is 0 Å². The molecule has 2 heterocycles. The summed E-state index contributed by atoms with van der Waals surface area (Å²) >= 11 is 0. The van der Waals surface area contributed by atoms with Crippen LogP contribution in [0.15, 0.2) is 52.9 Å². The van der Waals surface area contributed by atoms with Crippen LogP contribution in [0.25, 0.3) is 22.0 Å². The van der Waals surface area contributed by atoms with E-state index >= 15 is 0 Å². The van der Waals surface area contributed by atoms with Crippen molar-refractivity contribution in [3.05, 3.63) is 59.9 Å². The van der Waals surface area contributed by atoms with Gasteiger partial charge in [0.2, 0.25) is 5.95 Å². The Balaban J connectivity index is 1.66. The summed E-state index contributed by atoms with van der Waals surface area (Å²) in [4.78, 5) is 20.0. The number of nitrogens with one attached hydrogen (secondary N) is 1. The lowest BCUT2D eigenvalue weighted by atomic mass is 10.1. The first kappa shape index (κ1) is 19.2. The molecule has 0 spiro atoms. The van der Waals surface area contributed by atoms with Crippen LogP contribution in [0, 0.1) is 6.92 Å². The summed E-state index contributed by atoms with van der Waals surface area (Å²) in [5, 5.41) is 3.93. The number of likely N-dealkylation sites (N-methyl/N-ethyl adjacent to an activating group) is 1. The first-order valence-electron chi connectivity index (χ1n) is 10.1. The number of furan rings is 1.